The number of anilines is 1. The fourth-order valence-electron chi connectivity index (χ4n) is 2.55. The number of rotatable bonds is 7. The Hall–Kier alpha value is -1.59. The van der Waals surface area contributed by atoms with Gasteiger partial charge in [-0.25, -0.2) is 0 Å². The number of ether oxygens (including phenoxy) is 2. The standard InChI is InChI=1S/C15H22N2O3/c1-3-20-13-9-12(15(13)19-2)17-11-6-4-10(5-7-11)8-14(16)18/h4-7,12-13,15,17H,3,8-9H2,1-2H3,(H2,16,18). The Balaban J connectivity index is 1.89. The van der Waals surface area contributed by atoms with Crippen molar-refractivity contribution in [1.82, 2.24) is 0 Å². The summed E-state index contributed by atoms with van der Waals surface area (Å²) < 4.78 is 11.1. The van der Waals surface area contributed by atoms with Gasteiger partial charge in [0.2, 0.25) is 5.91 Å². The van der Waals surface area contributed by atoms with Gasteiger partial charge in [-0.2, -0.15) is 0 Å². The number of methoxy groups -OCH3 is 1. The summed E-state index contributed by atoms with van der Waals surface area (Å²) in [6, 6.07) is 8.00. The maximum absolute atomic E-state index is 10.8. The fourth-order valence-corrected chi connectivity index (χ4v) is 2.55. The fraction of sp³-hybridized carbons (Fsp3) is 0.533. The second-order valence-corrected chi connectivity index (χ2v) is 5.02. The highest BCUT2D eigenvalue weighted by Gasteiger charge is 2.42. The summed E-state index contributed by atoms with van der Waals surface area (Å²) in [5, 5.41) is 3.43. The molecule has 0 heterocycles. The lowest BCUT2D eigenvalue weighted by Crippen LogP contribution is -2.56. The third-order valence-electron chi connectivity index (χ3n) is 3.59. The van der Waals surface area contributed by atoms with E-state index < -0.39 is 0 Å². The van der Waals surface area contributed by atoms with E-state index in [-0.39, 0.29) is 30.6 Å². The maximum Gasteiger partial charge on any atom is 0.221 e. The summed E-state index contributed by atoms with van der Waals surface area (Å²) in [6.07, 6.45) is 1.48. The topological polar surface area (TPSA) is 73.6 Å². The van der Waals surface area contributed by atoms with Gasteiger partial charge in [0.05, 0.1) is 18.6 Å². The predicted molar refractivity (Wildman–Crippen MR) is 77.6 cm³/mol. The Morgan fingerprint density at radius 3 is 2.65 bits per heavy atom. The predicted octanol–water partition coefficient (Wildman–Crippen LogP) is 1.32. The summed E-state index contributed by atoms with van der Waals surface area (Å²) in [5.74, 6) is -0.316. The molecule has 1 fully saturated rings. The molecule has 0 bridgehead atoms. The minimum Gasteiger partial charge on any atom is -0.379 e. The molecule has 0 aliphatic heterocycles. The number of hydrogen-bond acceptors (Lipinski definition) is 4. The van der Waals surface area contributed by atoms with E-state index in [1.807, 2.05) is 31.2 Å². The van der Waals surface area contributed by atoms with Gasteiger partial charge < -0.3 is 20.5 Å². The van der Waals surface area contributed by atoms with Crippen LogP contribution in [-0.4, -0.2) is 37.9 Å². The first-order chi connectivity index (χ1) is 9.63. The highest BCUT2D eigenvalue weighted by atomic mass is 16.5. The number of nitrogens with two attached hydrogens (primary N) is 1. The van der Waals surface area contributed by atoms with Crippen molar-refractivity contribution in [3.05, 3.63) is 29.8 Å². The molecule has 3 atom stereocenters. The summed E-state index contributed by atoms with van der Waals surface area (Å²) in [6.45, 7) is 2.70. The van der Waals surface area contributed by atoms with Gasteiger partial charge in [0.25, 0.3) is 0 Å². The van der Waals surface area contributed by atoms with E-state index in [4.69, 9.17) is 15.2 Å². The molecule has 1 amide bonds. The van der Waals surface area contributed by atoms with Crippen molar-refractivity contribution in [3.63, 3.8) is 0 Å². The lowest BCUT2D eigenvalue weighted by atomic mass is 9.85. The first-order valence-electron chi connectivity index (χ1n) is 6.92. The molecule has 5 heteroatoms. The van der Waals surface area contributed by atoms with E-state index in [1.54, 1.807) is 7.11 Å². The molecular weight excluding hydrogens is 256 g/mol. The van der Waals surface area contributed by atoms with Crippen molar-refractivity contribution >= 4 is 11.6 Å². The Morgan fingerprint density at radius 1 is 1.40 bits per heavy atom. The molecule has 0 spiro atoms. The Labute approximate surface area is 119 Å². The molecule has 1 aromatic carbocycles. The molecule has 3 unspecified atom stereocenters. The average molecular weight is 278 g/mol. The van der Waals surface area contributed by atoms with Crippen LogP contribution in [0.5, 0.6) is 0 Å². The SMILES string of the molecule is CCOC1CC(Nc2ccc(CC(N)=O)cc2)C1OC. The molecule has 20 heavy (non-hydrogen) atoms. The molecule has 110 valence electrons. The number of carbonyl (C=O) groups is 1. The van der Waals surface area contributed by atoms with Gasteiger partial charge in [-0.05, 0) is 31.0 Å². The maximum atomic E-state index is 10.8. The quantitative estimate of drug-likeness (QED) is 0.789. The minimum absolute atomic E-state index is 0.0836. The van der Waals surface area contributed by atoms with Crippen molar-refractivity contribution in [1.29, 1.82) is 0 Å². The first-order valence-corrected chi connectivity index (χ1v) is 6.92. The number of amides is 1. The van der Waals surface area contributed by atoms with E-state index in [2.05, 4.69) is 5.32 Å². The minimum atomic E-state index is -0.316. The molecule has 0 saturated heterocycles. The van der Waals surface area contributed by atoms with Crippen molar-refractivity contribution in [2.24, 2.45) is 5.73 Å². The summed E-state index contributed by atoms with van der Waals surface area (Å²) in [5.41, 5.74) is 7.11. The normalized spacial score (nSPS) is 25.0. The van der Waals surface area contributed by atoms with E-state index >= 15 is 0 Å². The molecule has 0 radical (unpaired) electrons. The van der Waals surface area contributed by atoms with Crippen LogP contribution in [0.3, 0.4) is 0 Å². The summed E-state index contributed by atoms with van der Waals surface area (Å²) in [7, 11) is 1.71. The van der Waals surface area contributed by atoms with Crippen LogP contribution < -0.4 is 11.1 Å². The van der Waals surface area contributed by atoms with Crippen molar-refractivity contribution in [2.75, 3.05) is 19.0 Å². The number of benzene rings is 1. The van der Waals surface area contributed by atoms with Crippen LogP contribution >= 0.6 is 0 Å². The van der Waals surface area contributed by atoms with Crippen LogP contribution in [0.15, 0.2) is 24.3 Å². The summed E-state index contributed by atoms with van der Waals surface area (Å²) >= 11 is 0. The van der Waals surface area contributed by atoms with E-state index in [1.165, 1.54) is 0 Å². The zero-order chi connectivity index (χ0) is 14.5. The van der Waals surface area contributed by atoms with Crippen LogP contribution in [0.2, 0.25) is 0 Å². The molecule has 1 aromatic rings. The Bertz CT molecular complexity index is 447. The zero-order valence-corrected chi connectivity index (χ0v) is 12.0. The van der Waals surface area contributed by atoms with E-state index in [9.17, 15) is 4.79 Å². The second-order valence-electron chi connectivity index (χ2n) is 5.02. The van der Waals surface area contributed by atoms with Crippen molar-refractivity contribution < 1.29 is 14.3 Å². The van der Waals surface area contributed by atoms with Crippen LogP contribution in [-0.2, 0) is 20.7 Å². The number of carbonyl (C=O) groups excluding carboxylic acids is 1. The lowest BCUT2D eigenvalue weighted by Gasteiger charge is -2.43. The van der Waals surface area contributed by atoms with Gasteiger partial charge in [-0.3, -0.25) is 4.79 Å². The zero-order valence-electron chi connectivity index (χ0n) is 12.0. The van der Waals surface area contributed by atoms with Crippen molar-refractivity contribution in [2.45, 2.75) is 38.0 Å². The molecule has 3 N–H and O–H groups in total. The third kappa shape index (κ3) is 3.49. The lowest BCUT2D eigenvalue weighted by molar-refractivity contribution is -0.118. The third-order valence-corrected chi connectivity index (χ3v) is 3.59. The number of hydrogen-bond donors (Lipinski definition) is 2. The Morgan fingerprint density at radius 2 is 2.10 bits per heavy atom. The molecule has 1 aliphatic rings. The van der Waals surface area contributed by atoms with Gasteiger partial charge in [-0.1, -0.05) is 12.1 Å². The monoisotopic (exact) mass is 278 g/mol. The molecule has 1 aliphatic carbocycles. The molecule has 2 rings (SSSR count). The molecular formula is C15H22N2O3. The smallest absolute Gasteiger partial charge is 0.221 e. The average Bonchev–Trinajstić information content (AvgIpc) is 2.39. The van der Waals surface area contributed by atoms with Gasteiger partial charge >= 0.3 is 0 Å². The van der Waals surface area contributed by atoms with Crippen LogP contribution in [0.4, 0.5) is 5.69 Å². The van der Waals surface area contributed by atoms with Gasteiger partial charge in [-0.15, -0.1) is 0 Å². The first kappa shape index (κ1) is 14.8. The highest BCUT2D eigenvalue weighted by Crippen LogP contribution is 2.29. The van der Waals surface area contributed by atoms with Crippen LogP contribution in [0.25, 0.3) is 0 Å². The van der Waals surface area contributed by atoms with Gasteiger partial charge in [0.15, 0.2) is 0 Å². The van der Waals surface area contributed by atoms with Gasteiger partial charge in [0, 0.05) is 19.4 Å². The second kappa shape index (κ2) is 6.72. The van der Waals surface area contributed by atoms with E-state index in [0.717, 1.165) is 17.7 Å². The van der Waals surface area contributed by atoms with Crippen molar-refractivity contribution in [3.8, 4) is 0 Å². The largest absolute Gasteiger partial charge is 0.379 e. The van der Waals surface area contributed by atoms with Crippen LogP contribution in [0, 0.1) is 0 Å². The highest BCUT2D eigenvalue weighted by molar-refractivity contribution is 5.76. The van der Waals surface area contributed by atoms with E-state index in [0.29, 0.717) is 6.61 Å². The molecule has 1 saturated carbocycles. The summed E-state index contributed by atoms with van der Waals surface area (Å²) in [4.78, 5) is 10.8. The number of nitrogens with one attached hydrogen (secondary N) is 1. The molecule has 0 aromatic heterocycles. The van der Waals surface area contributed by atoms with Gasteiger partial charge in [0.1, 0.15) is 6.10 Å². The van der Waals surface area contributed by atoms with Crippen LogP contribution in [0.1, 0.15) is 18.9 Å². The Kier molecular flexibility index (Phi) is 4.98. The number of primary amides is 1. The molecule has 5 nitrogen and oxygen atoms in total.